The molecule has 0 aliphatic carbocycles. The van der Waals surface area contributed by atoms with E-state index in [1.807, 2.05) is 12.1 Å². The maximum absolute atomic E-state index is 11.8. The fourth-order valence-corrected chi connectivity index (χ4v) is 2.66. The SMILES string of the molecule is CC(C)(C)c1ccc(OCCNC(=O)COc2ccc(Cl)cc2Cl)cc1. The monoisotopic (exact) mass is 395 g/mol. The number of nitrogens with one attached hydrogen (secondary N) is 1. The lowest BCUT2D eigenvalue weighted by atomic mass is 9.87. The van der Waals surface area contributed by atoms with E-state index in [9.17, 15) is 4.79 Å². The van der Waals surface area contributed by atoms with E-state index in [1.54, 1.807) is 18.2 Å². The maximum Gasteiger partial charge on any atom is 0.258 e. The minimum Gasteiger partial charge on any atom is -0.492 e. The molecule has 0 heterocycles. The third-order valence-electron chi connectivity index (χ3n) is 3.67. The van der Waals surface area contributed by atoms with Gasteiger partial charge in [0.25, 0.3) is 5.91 Å². The zero-order chi connectivity index (χ0) is 19.2. The molecule has 0 aromatic heterocycles. The van der Waals surface area contributed by atoms with E-state index >= 15 is 0 Å². The lowest BCUT2D eigenvalue weighted by molar-refractivity contribution is -0.123. The zero-order valence-corrected chi connectivity index (χ0v) is 16.7. The summed E-state index contributed by atoms with van der Waals surface area (Å²) in [6.45, 7) is 7.13. The van der Waals surface area contributed by atoms with Crippen molar-refractivity contribution in [2.24, 2.45) is 0 Å². The van der Waals surface area contributed by atoms with Crippen LogP contribution in [0.5, 0.6) is 11.5 Å². The number of rotatable bonds is 7. The highest BCUT2D eigenvalue weighted by Crippen LogP contribution is 2.27. The Balaban J connectivity index is 1.68. The minimum atomic E-state index is -0.248. The molecule has 0 saturated carbocycles. The molecule has 0 unspecified atom stereocenters. The highest BCUT2D eigenvalue weighted by Gasteiger charge is 2.13. The van der Waals surface area contributed by atoms with Crippen molar-refractivity contribution in [3.63, 3.8) is 0 Å². The van der Waals surface area contributed by atoms with Crippen LogP contribution in [0.25, 0.3) is 0 Å². The van der Waals surface area contributed by atoms with Gasteiger partial charge in [-0.05, 0) is 41.3 Å². The summed E-state index contributed by atoms with van der Waals surface area (Å²) >= 11 is 11.8. The highest BCUT2D eigenvalue weighted by molar-refractivity contribution is 6.35. The molecule has 0 fully saturated rings. The molecule has 2 aromatic carbocycles. The summed E-state index contributed by atoms with van der Waals surface area (Å²) < 4.78 is 11.0. The number of halogens is 2. The Kier molecular flexibility index (Phi) is 7.18. The Bertz CT molecular complexity index is 740. The van der Waals surface area contributed by atoms with Crippen molar-refractivity contribution in [1.82, 2.24) is 5.32 Å². The van der Waals surface area contributed by atoms with Crippen LogP contribution in [0.4, 0.5) is 0 Å². The van der Waals surface area contributed by atoms with Crippen LogP contribution >= 0.6 is 23.2 Å². The van der Waals surface area contributed by atoms with Gasteiger partial charge in [0.15, 0.2) is 6.61 Å². The summed E-state index contributed by atoms with van der Waals surface area (Å²) in [7, 11) is 0. The molecule has 0 radical (unpaired) electrons. The molecule has 2 aromatic rings. The van der Waals surface area contributed by atoms with Gasteiger partial charge in [0, 0.05) is 5.02 Å². The molecule has 0 spiro atoms. The number of benzene rings is 2. The first-order chi connectivity index (χ1) is 12.3. The Labute approximate surface area is 164 Å². The summed E-state index contributed by atoms with van der Waals surface area (Å²) in [5, 5.41) is 3.61. The van der Waals surface area contributed by atoms with Gasteiger partial charge in [0.1, 0.15) is 18.1 Å². The first kappa shape index (κ1) is 20.4. The first-order valence-electron chi connectivity index (χ1n) is 8.33. The third-order valence-corrected chi connectivity index (χ3v) is 4.20. The second-order valence-corrected chi connectivity index (χ2v) is 7.68. The van der Waals surface area contributed by atoms with Crippen LogP contribution in [-0.4, -0.2) is 25.7 Å². The van der Waals surface area contributed by atoms with Gasteiger partial charge >= 0.3 is 0 Å². The van der Waals surface area contributed by atoms with E-state index < -0.39 is 0 Å². The number of carbonyl (C=O) groups excluding carboxylic acids is 1. The number of hydrogen-bond acceptors (Lipinski definition) is 3. The Morgan fingerprint density at radius 1 is 1.04 bits per heavy atom. The predicted molar refractivity (Wildman–Crippen MR) is 106 cm³/mol. The number of hydrogen-bond donors (Lipinski definition) is 1. The van der Waals surface area contributed by atoms with Crippen LogP contribution in [0, 0.1) is 0 Å². The van der Waals surface area contributed by atoms with Gasteiger partial charge in [-0.3, -0.25) is 4.79 Å². The summed E-state index contributed by atoms with van der Waals surface area (Å²) in [4.78, 5) is 11.8. The highest BCUT2D eigenvalue weighted by atomic mass is 35.5. The second-order valence-electron chi connectivity index (χ2n) is 6.84. The van der Waals surface area contributed by atoms with E-state index in [1.165, 1.54) is 5.56 Å². The van der Waals surface area contributed by atoms with E-state index in [2.05, 4.69) is 38.2 Å². The van der Waals surface area contributed by atoms with Gasteiger partial charge in [0.2, 0.25) is 0 Å². The van der Waals surface area contributed by atoms with Crippen LogP contribution < -0.4 is 14.8 Å². The van der Waals surface area contributed by atoms with Crippen molar-refractivity contribution < 1.29 is 14.3 Å². The van der Waals surface area contributed by atoms with Gasteiger partial charge in [-0.2, -0.15) is 0 Å². The van der Waals surface area contributed by atoms with Crippen molar-refractivity contribution in [3.8, 4) is 11.5 Å². The lowest BCUT2D eigenvalue weighted by Gasteiger charge is -2.19. The van der Waals surface area contributed by atoms with Crippen LogP contribution in [-0.2, 0) is 10.2 Å². The molecule has 4 nitrogen and oxygen atoms in total. The van der Waals surface area contributed by atoms with Crippen LogP contribution in [0.3, 0.4) is 0 Å². The van der Waals surface area contributed by atoms with Gasteiger partial charge < -0.3 is 14.8 Å². The Hall–Kier alpha value is -1.91. The molecule has 26 heavy (non-hydrogen) atoms. The quantitative estimate of drug-likeness (QED) is 0.680. The van der Waals surface area contributed by atoms with Gasteiger partial charge in [-0.1, -0.05) is 56.1 Å². The predicted octanol–water partition coefficient (Wildman–Crippen LogP) is 4.86. The maximum atomic E-state index is 11.8. The van der Waals surface area contributed by atoms with Gasteiger partial charge in [0.05, 0.1) is 11.6 Å². The molecule has 0 bridgehead atoms. The normalized spacial score (nSPS) is 11.1. The van der Waals surface area contributed by atoms with Crippen molar-refractivity contribution in [3.05, 3.63) is 58.1 Å². The number of carbonyl (C=O) groups is 1. The molecule has 0 aliphatic heterocycles. The summed E-state index contributed by atoms with van der Waals surface area (Å²) in [5.74, 6) is 0.945. The van der Waals surface area contributed by atoms with Crippen molar-refractivity contribution in [2.45, 2.75) is 26.2 Å². The smallest absolute Gasteiger partial charge is 0.258 e. The molecule has 0 saturated heterocycles. The summed E-state index contributed by atoms with van der Waals surface area (Å²) in [5.41, 5.74) is 1.36. The molecule has 2 rings (SSSR count). The zero-order valence-electron chi connectivity index (χ0n) is 15.1. The minimum absolute atomic E-state index is 0.111. The molecule has 1 N–H and O–H groups in total. The molecule has 0 atom stereocenters. The van der Waals surface area contributed by atoms with Crippen LogP contribution in [0.15, 0.2) is 42.5 Å². The van der Waals surface area contributed by atoms with Gasteiger partial charge in [-0.15, -0.1) is 0 Å². The summed E-state index contributed by atoms with van der Waals surface area (Å²) in [6.07, 6.45) is 0. The molecular formula is C20H23Cl2NO3. The topological polar surface area (TPSA) is 47.6 Å². The standard InChI is InChI=1S/C20H23Cl2NO3/c1-20(2,3)14-4-7-16(8-5-14)25-11-10-23-19(24)13-26-18-9-6-15(21)12-17(18)22/h4-9,12H,10-11,13H2,1-3H3,(H,23,24). The first-order valence-corrected chi connectivity index (χ1v) is 9.09. The van der Waals surface area contributed by atoms with Crippen molar-refractivity contribution >= 4 is 29.1 Å². The Morgan fingerprint density at radius 3 is 2.35 bits per heavy atom. The fraction of sp³-hybridized carbons (Fsp3) is 0.350. The Morgan fingerprint density at radius 2 is 1.73 bits per heavy atom. The molecule has 1 amide bonds. The number of ether oxygens (including phenoxy) is 2. The summed E-state index contributed by atoms with van der Waals surface area (Å²) in [6, 6.07) is 12.8. The molecular weight excluding hydrogens is 373 g/mol. The average molecular weight is 396 g/mol. The van der Waals surface area contributed by atoms with E-state index in [0.717, 1.165) is 5.75 Å². The van der Waals surface area contributed by atoms with Gasteiger partial charge in [-0.25, -0.2) is 0 Å². The number of amides is 1. The van der Waals surface area contributed by atoms with Crippen LogP contribution in [0.2, 0.25) is 10.0 Å². The second kappa shape index (κ2) is 9.15. The lowest BCUT2D eigenvalue weighted by Crippen LogP contribution is -2.32. The molecule has 6 heteroatoms. The fourth-order valence-electron chi connectivity index (χ4n) is 2.20. The molecule has 140 valence electrons. The molecule has 0 aliphatic rings. The average Bonchev–Trinajstić information content (AvgIpc) is 2.57. The van der Waals surface area contributed by atoms with E-state index in [-0.39, 0.29) is 17.9 Å². The van der Waals surface area contributed by atoms with Crippen LogP contribution in [0.1, 0.15) is 26.3 Å². The van der Waals surface area contributed by atoms with E-state index in [0.29, 0.717) is 28.9 Å². The van der Waals surface area contributed by atoms with Crippen molar-refractivity contribution in [2.75, 3.05) is 19.8 Å². The third kappa shape index (κ3) is 6.43. The van der Waals surface area contributed by atoms with E-state index in [4.69, 9.17) is 32.7 Å². The largest absolute Gasteiger partial charge is 0.492 e. The van der Waals surface area contributed by atoms with Crippen molar-refractivity contribution in [1.29, 1.82) is 0 Å².